The van der Waals surface area contributed by atoms with Crippen molar-refractivity contribution in [1.82, 2.24) is 0 Å². The molecule has 0 aromatic heterocycles. The van der Waals surface area contributed by atoms with Gasteiger partial charge >= 0.3 is 0 Å². The molecular weight excluding hydrogens is 321 g/mol. The Hall–Kier alpha value is -1.76. The van der Waals surface area contributed by atoms with Crippen molar-refractivity contribution < 1.29 is 22.4 Å². The highest BCUT2D eigenvalue weighted by Gasteiger charge is 2.49. The molecule has 1 atom stereocenters. The SMILES string of the molecule is O=C1CC(S(=O)(=O)C2CCCCC2)C(=O)N1c1ccc(F)cc1. The number of halogens is 1. The molecule has 2 aliphatic rings. The predicted molar refractivity (Wildman–Crippen MR) is 83.1 cm³/mol. The number of nitrogens with zero attached hydrogens (tertiary/aromatic N) is 1. The van der Waals surface area contributed by atoms with E-state index in [0.29, 0.717) is 12.8 Å². The third-order valence-corrected chi connectivity index (χ3v) is 7.17. The van der Waals surface area contributed by atoms with Crippen LogP contribution in [-0.2, 0) is 19.4 Å². The van der Waals surface area contributed by atoms with Gasteiger partial charge in [-0.05, 0) is 37.1 Å². The van der Waals surface area contributed by atoms with Crippen molar-refractivity contribution in [2.24, 2.45) is 0 Å². The summed E-state index contributed by atoms with van der Waals surface area (Å²) in [5, 5.41) is -1.84. The number of carbonyl (C=O) groups is 2. The molecular formula is C16H18FNO4S. The molecule has 3 rings (SSSR count). The number of hydrogen-bond donors (Lipinski definition) is 0. The van der Waals surface area contributed by atoms with Crippen LogP contribution in [0.15, 0.2) is 24.3 Å². The second-order valence-corrected chi connectivity index (χ2v) is 8.50. The predicted octanol–water partition coefficient (Wildman–Crippen LogP) is 2.21. The first-order valence-corrected chi connectivity index (χ1v) is 9.37. The normalized spacial score (nSPS) is 23.5. The molecule has 1 saturated heterocycles. The van der Waals surface area contributed by atoms with E-state index in [-0.39, 0.29) is 12.1 Å². The van der Waals surface area contributed by atoms with Crippen LogP contribution in [0, 0.1) is 5.82 Å². The number of carbonyl (C=O) groups excluding carboxylic acids is 2. The van der Waals surface area contributed by atoms with Crippen molar-refractivity contribution in [3.8, 4) is 0 Å². The molecule has 1 aromatic rings. The second kappa shape index (κ2) is 6.03. The minimum atomic E-state index is -3.68. The first-order chi connectivity index (χ1) is 10.9. The van der Waals surface area contributed by atoms with E-state index in [1.54, 1.807) is 0 Å². The van der Waals surface area contributed by atoms with Crippen LogP contribution in [0.3, 0.4) is 0 Å². The fourth-order valence-electron chi connectivity index (χ4n) is 3.35. The molecule has 5 nitrogen and oxygen atoms in total. The average molecular weight is 339 g/mol. The van der Waals surface area contributed by atoms with Gasteiger partial charge in [-0.2, -0.15) is 0 Å². The summed E-state index contributed by atoms with van der Waals surface area (Å²) >= 11 is 0. The molecule has 1 heterocycles. The zero-order chi connectivity index (χ0) is 16.6. The number of sulfone groups is 1. The molecule has 1 aromatic carbocycles. The molecule has 0 spiro atoms. The Bertz CT molecular complexity index is 723. The zero-order valence-electron chi connectivity index (χ0n) is 12.6. The topological polar surface area (TPSA) is 71.5 Å². The van der Waals surface area contributed by atoms with Gasteiger partial charge in [0.2, 0.25) is 5.91 Å². The molecule has 1 aliphatic carbocycles. The maximum Gasteiger partial charge on any atom is 0.252 e. The maximum absolute atomic E-state index is 13.0. The molecule has 2 fully saturated rings. The molecule has 23 heavy (non-hydrogen) atoms. The van der Waals surface area contributed by atoms with E-state index >= 15 is 0 Å². The number of amides is 2. The van der Waals surface area contributed by atoms with E-state index in [9.17, 15) is 22.4 Å². The van der Waals surface area contributed by atoms with Crippen LogP contribution in [0.5, 0.6) is 0 Å². The summed E-state index contributed by atoms with van der Waals surface area (Å²) in [5.74, 6) is -1.75. The van der Waals surface area contributed by atoms with E-state index in [0.717, 1.165) is 36.3 Å². The van der Waals surface area contributed by atoms with Gasteiger partial charge in [-0.1, -0.05) is 19.3 Å². The maximum atomic E-state index is 13.0. The Balaban J connectivity index is 1.87. The van der Waals surface area contributed by atoms with Crippen LogP contribution in [0.1, 0.15) is 38.5 Å². The summed E-state index contributed by atoms with van der Waals surface area (Å²) in [6.07, 6.45) is 3.45. The summed E-state index contributed by atoms with van der Waals surface area (Å²) < 4.78 is 38.4. The molecule has 1 saturated carbocycles. The highest BCUT2D eigenvalue weighted by molar-refractivity contribution is 7.93. The Labute approximate surface area is 134 Å². The molecule has 0 N–H and O–H groups in total. The molecule has 2 amide bonds. The first-order valence-electron chi connectivity index (χ1n) is 7.76. The quantitative estimate of drug-likeness (QED) is 0.792. The summed E-state index contributed by atoms with van der Waals surface area (Å²) in [4.78, 5) is 25.5. The van der Waals surface area contributed by atoms with Crippen LogP contribution in [0.25, 0.3) is 0 Å². The third kappa shape index (κ3) is 2.89. The Kier molecular flexibility index (Phi) is 4.23. The lowest BCUT2D eigenvalue weighted by Crippen LogP contribution is -2.40. The second-order valence-electron chi connectivity index (χ2n) is 6.09. The largest absolute Gasteiger partial charge is 0.274 e. The summed E-state index contributed by atoms with van der Waals surface area (Å²) in [5.41, 5.74) is 0.211. The van der Waals surface area contributed by atoms with Gasteiger partial charge < -0.3 is 0 Å². The lowest BCUT2D eigenvalue weighted by atomic mass is 10.0. The highest BCUT2D eigenvalue weighted by atomic mass is 32.2. The van der Waals surface area contributed by atoms with E-state index < -0.39 is 38.0 Å². The van der Waals surface area contributed by atoms with Crippen LogP contribution >= 0.6 is 0 Å². The van der Waals surface area contributed by atoms with Crippen molar-refractivity contribution >= 4 is 27.3 Å². The first kappa shape index (κ1) is 16.1. The number of hydrogen-bond acceptors (Lipinski definition) is 4. The van der Waals surface area contributed by atoms with Gasteiger partial charge in [-0.15, -0.1) is 0 Å². The van der Waals surface area contributed by atoms with Crippen LogP contribution in [-0.4, -0.2) is 30.7 Å². The van der Waals surface area contributed by atoms with E-state index in [2.05, 4.69) is 0 Å². The van der Waals surface area contributed by atoms with Crippen LogP contribution < -0.4 is 4.90 Å². The van der Waals surface area contributed by atoms with Crippen LogP contribution in [0.2, 0.25) is 0 Å². The van der Waals surface area contributed by atoms with Gasteiger partial charge in [0, 0.05) is 0 Å². The number of rotatable bonds is 3. The molecule has 0 radical (unpaired) electrons. The summed E-state index contributed by atoms with van der Waals surface area (Å²) in [6, 6.07) is 4.89. The Morgan fingerprint density at radius 2 is 1.61 bits per heavy atom. The minimum absolute atomic E-state index is 0.211. The van der Waals surface area contributed by atoms with E-state index in [1.807, 2.05) is 0 Å². The minimum Gasteiger partial charge on any atom is -0.274 e. The molecule has 124 valence electrons. The van der Waals surface area contributed by atoms with E-state index in [1.165, 1.54) is 12.1 Å². The van der Waals surface area contributed by atoms with Gasteiger partial charge in [0.1, 0.15) is 11.1 Å². The molecule has 1 unspecified atom stereocenters. The fourth-order valence-corrected chi connectivity index (χ4v) is 5.56. The van der Waals surface area contributed by atoms with Gasteiger partial charge in [0.25, 0.3) is 5.91 Å². The summed E-state index contributed by atoms with van der Waals surface area (Å²) in [6.45, 7) is 0. The van der Waals surface area contributed by atoms with Gasteiger partial charge in [-0.25, -0.2) is 17.7 Å². The standard InChI is InChI=1S/C16H18FNO4S/c17-11-6-8-12(9-7-11)18-15(19)10-14(16(18)20)23(21,22)13-4-2-1-3-5-13/h6-9,13-14H,1-5,10H2. The number of benzene rings is 1. The van der Waals surface area contributed by atoms with E-state index in [4.69, 9.17) is 0 Å². The van der Waals surface area contributed by atoms with Crippen molar-refractivity contribution in [2.75, 3.05) is 4.90 Å². The molecule has 1 aliphatic heterocycles. The lowest BCUT2D eigenvalue weighted by Gasteiger charge is -2.24. The molecule has 7 heteroatoms. The van der Waals surface area contributed by atoms with Crippen molar-refractivity contribution in [1.29, 1.82) is 0 Å². The fraction of sp³-hybridized carbons (Fsp3) is 0.500. The highest BCUT2D eigenvalue weighted by Crippen LogP contribution is 2.32. The third-order valence-electron chi connectivity index (χ3n) is 4.60. The number of anilines is 1. The van der Waals surface area contributed by atoms with Crippen molar-refractivity contribution in [3.63, 3.8) is 0 Å². The van der Waals surface area contributed by atoms with Gasteiger partial charge in [0.15, 0.2) is 9.84 Å². The van der Waals surface area contributed by atoms with Gasteiger partial charge in [-0.3, -0.25) is 9.59 Å². The summed E-state index contributed by atoms with van der Waals surface area (Å²) in [7, 11) is -3.68. The average Bonchev–Trinajstić information content (AvgIpc) is 2.85. The zero-order valence-corrected chi connectivity index (χ0v) is 13.4. The van der Waals surface area contributed by atoms with Crippen molar-refractivity contribution in [3.05, 3.63) is 30.1 Å². The molecule has 0 bridgehead atoms. The smallest absolute Gasteiger partial charge is 0.252 e. The Morgan fingerprint density at radius 1 is 1.00 bits per heavy atom. The lowest BCUT2D eigenvalue weighted by molar-refractivity contribution is -0.121. The monoisotopic (exact) mass is 339 g/mol. The Morgan fingerprint density at radius 3 is 2.22 bits per heavy atom. The van der Waals surface area contributed by atoms with Crippen molar-refractivity contribution in [2.45, 2.75) is 49.0 Å². The number of imide groups is 1. The van der Waals surface area contributed by atoms with Gasteiger partial charge in [0.05, 0.1) is 17.4 Å². The van der Waals surface area contributed by atoms with Crippen LogP contribution in [0.4, 0.5) is 10.1 Å².